The third-order valence-corrected chi connectivity index (χ3v) is 5.63. The van der Waals surface area contributed by atoms with Crippen LogP contribution in [0.3, 0.4) is 0 Å². The van der Waals surface area contributed by atoms with E-state index in [0.717, 1.165) is 44.3 Å². The molecule has 4 rings (SSSR count). The molecule has 0 aliphatic carbocycles. The third kappa shape index (κ3) is 4.20. The molecule has 27 heavy (non-hydrogen) atoms. The number of piperazine rings is 1. The van der Waals surface area contributed by atoms with Crippen LogP contribution in [-0.2, 0) is 6.54 Å². The molecule has 2 aromatic carbocycles. The second-order valence-corrected chi connectivity index (χ2v) is 7.65. The zero-order valence-corrected chi connectivity index (χ0v) is 16.6. The van der Waals surface area contributed by atoms with Crippen molar-refractivity contribution in [3.8, 4) is 0 Å². The van der Waals surface area contributed by atoms with Crippen LogP contribution in [-0.4, -0.2) is 42.2 Å². The smallest absolute Gasteiger partial charge is 0.0483 e. The first-order chi connectivity index (χ1) is 13.2. The monoisotopic (exact) mass is 379 g/mol. The molecule has 0 amide bonds. The zero-order chi connectivity index (χ0) is 18.6. The molecule has 3 aromatic rings. The molecule has 0 N–H and O–H groups in total. The molecule has 4 heteroatoms. The Kier molecular flexibility index (Phi) is 5.51. The molecule has 3 nitrogen and oxygen atoms in total. The van der Waals surface area contributed by atoms with E-state index in [1.807, 2.05) is 6.07 Å². The second kappa shape index (κ2) is 8.20. The Morgan fingerprint density at radius 2 is 1.70 bits per heavy atom. The van der Waals surface area contributed by atoms with Gasteiger partial charge in [-0.2, -0.15) is 0 Å². The van der Waals surface area contributed by atoms with Crippen LogP contribution >= 0.6 is 11.6 Å². The zero-order valence-electron chi connectivity index (χ0n) is 15.8. The fourth-order valence-electron chi connectivity index (χ4n) is 3.81. The van der Waals surface area contributed by atoms with Crippen LogP contribution in [0.1, 0.15) is 5.56 Å². The summed E-state index contributed by atoms with van der Waals surface area (Å²) in [5, 5.41) is 2.12. The molecular formula is C23H26ClN3. The van der Waals surface area contributed by atoms with Crippen LogP contribution in [0, 0.1) is 6.92 Å². The molecule has 0 spiro atoms. The number of para-hydroxylation sites is 1. The number of aryl methyl sites for hydroxylation is 1. The summed E-state index contributed by atoms with van der Waals surface area (Å²) in [6.45, 7) is 8.38. The first-order valence-corrected chi connectivity index (χ1v) is 10.0. The van der Waals surface area contributed by atoms with Gasteiger partial charge in [0.05, 0.1) is 0 Å². The number of allylic oxidation sites excluding steroid dienone is 1. The normalized spacial score (nSPS) is 15.9. The Bertz CT molecular complexity index is 936. The lowest BCUT2D eigenvalue weighted by Crippen LogP contribution is -2.46. The van der Waals surface area contributed by atoms with Gasteiger partial charge in [0.1, 0.15) is 0 Å². The molecule has 1 aliphatic heterocycles. The van der Waals surface area contributed by atoms with E-state index in [-0.39, 0.29) is 0 Å². The summed E-state index contributed by atoms with van der Waals surface area (Å²) in [5.74, 6) is 0. The minimum Gasteiger partial charge on any atom is -0.369 e. The van der Waals surface area contributed by atoms with Gasteiger partial charge >= 0.3 is 0 Å². The van der Waals surface area contributed by atoms with Gasteiger partial charge in [-0.25, -0.2) is 0 Å². The maximum absolute atomic E-state index is 6.18. The highest BCUT2D eigenvalue weighted by Gasteiger charge is 2.17. The van der Waals surface area contributed by atoms with Crippen LogP contribution in [0.25, 0.3) is 10.9 Å². The maximum Gasteiger partial charge on any atom is 0.0483 e. The van der Waals surface area contributed by atoms with E-state index in [9.17, 15) is 0 Å². The molecule has 1 aliphatic rings. The number of fused-ring (bicyclic) bond motifs is 1. The van der Waals surface area contributed by atoms with E-state index in [2.05, 4.69) is 82.1 Å². The molecule has 0 radical (unpaired) electrons. The predicted octanol–water partition coefficient (Wildman–Crippen LogP) is 4.98. The number of benzene rings is 2. The van der Waals surface area contributed by atoms with E-state index in [1.54, 1.807) is 0 Å². The van der Waals surface area contributed by atoms with Gasteiger partial charge in [-0.1, -0.05) is 48.0 Å². The highest BCUT2D eigenvalue weighted by Crippen LogP contribution is 2.25. The molecule has 0 bridgehead atoms. The number of hydrogen-bond acceptors (Lipinski definition) is 2. The minimum atomic E-state index is 0.818. The summed E-state index contributed by atoms with van der Waals surface area (Å²) >= 11 is 6.18. The molecule has 1 fully saturated rings. The van der Waals surface area contributed by atoms with Gasteiger partial charge in [0.2, 0.25) is 0 Å². The third-order valence-electron chi connectivity index (χ3n) is 5.40. The second-order valence-electron chi connectivity index (χ2n) is 7.22. The quantitative estimate of drug-likeness (QED) is 0.579. The number of halogens is 1. The highest BCUT2D eigenvalue weighted by atomic mass is 35.5. The average Bonchev–Trinajstić information content (AvgIpc) is 3.11. The first kappa shape index (κ1) is 18.1. The lowest BCUT2D eigenvalue weighted by molar-refractivity contribution is 0.283. The lowest BCUT2D eigenvalue weighted by atomic mass is 10.1. The largest absolute Gasteiger partial charge is 0.369 e. The van der Waals surface area contributed by atoms with Crippen molar-refractivity contribution in [2.45, 2.75) is 13.5 Å². The number of nitrogens with zero attached hydrogens (tertiary/aromatic N) is 3. The summed E-state index contributed by atoms with van der Waals surface area (Å²) in [6.07, 6.45) is 6.75. The first-order valence-electron chi connectivity index (χ1n) is 9.63. The molecule has 140 valence electrons. The Hall–Kier alpha value is -2.23. The highest BCUT2D eigenvalue weighted by molar-refractivity contribution is 6.30. The van der Waals surface area contributed by atoms with Gasteiger partial charge in [-0.05, 0) is 42.1 Å². The van der Waals surface area contributed by atoms with Crippen LogP contribution in [0.2, 0.25) is 5.02 Å². The van der Waals surface area contributed by atoms with Gasteiger partial charge in [0.15, 0.2) is 0 Å². The van der Waals surface area contributed by atoms with Gasteiger partial charge in [0, 0.05) is 61.7 Å². The van der Waals surface area contributed by atoms with Crippen molar-refractivity contribution in [2.75, 3.05) is 37.6 Å². The van der Waals surface area contributed by atoms with Gasteiger partial charge in [0.25, 0.3) is 0 Å². The maximum atomic E-state index is 6.18. The molecule has 0 atom stereocenters. The van der Waals surface area contributed by atoms with Crippen molar-refractivity contribution in [2.24, 2.45) is 0 Å². The minimum absolute atomic E-state index is 0.818. The summed E-state index contributed by atoms with van der Waals surface area (Å²) in [7, 11) is 0. The predicted molar refractivity (Wildman–Crippen MR) is 116 cm³/mol. The number of aromatic nitrogens is 1. The van der Waals surface area contributed by atoms with Crippen molar-refractivity contribution in [3.63, 3.8) is 0 Å². The number of rotatable bonds is 5. The van der Waals surface area contributed by atoms with Crippen molar-refractivity contribution in [1.82, 2.24) is 9.47 Å². The SMILES string of the molecule is Cc1ccc(Cl)cc1N1CCN(C/C=C\Cn2ccc3ccccc32)CC1. The number of hydrogen-bond donors (Lipinski definition) is 0. The van der Waals surface area contributed by atoms with E-state index in [1.165, 1.54) is 22.2 Å². The standard InChI is InChI=1S/C23H26ClN3/c1-19-8-9-21(24)18-23(19)27-16-14-25(15-17-27)11-4-5-12-26-13-10-20-6-2-3-7-22(20)26/h2-10,13,18H,11-12,14-17H2,1H3/b5-4-. The Morgan fingerprint density at radius 1 is 0.926 bits per heavy atom. The number of anilines is 1. The van der Waals surface area contributed by atoms with Gasteiger partial charge < -0.3 is 9.47 Å². The van der Waals surface area contributed by atoms with Crippen molar-refractivity contribution < 1.29 is 0 Å². The van der Waals surface area contributed by atoms with Gasteiger partial charge in [-0.15, -0.1) is 0 Å². The molecule has 2 heterocycles. The summed E-state index contributed by atoms with van der Waals surface area (Å²) in [5.41, 5.74) is 3.87. The summed E-state index contributed by atoms with van der Waals surface area (Å²) in [6, 6.07) is 16.9. The van der Waals surface area contributed by atoms with Crippen molar-refractivity contribution in [1.29, 1.82) is 0 Å². The van der Waals surface area contributed by atoms with E-state index in [0.29, 0.717) is 0 Å². The average molecular weight is 380 g/mol. The summed E-state index contributed by atoms with van der Waals surface area (Å²) < 4.78 is 2.30. The van der Waals surface area contributed by atoms with Crippen LogP contribution < -0.4 is 4.90 Å². The molecule has 1 aromatic heterocycles. The lowest BCUT2D eigenvalue weighted by Gasteiger charge is -2.36. The van der Waals surface area contributed by atoms with E-state index < -0.39 is 0 Å². The van der Waals surface area contributed by atoms with Gasteiger partial charge in [-0.3, -0.25) is 4.90 Å². The molecular weight excluding hydrogens is 354 g/mol. The fourth-order valence-corrected chi connectivity index (χ4v) is 3.97. The Balaban J connectivity index is 1.28. The van der Waals surface area contributed by atoms with Crippen molar-refractivity contribution >= 4 is 28.2 Å². The molecule has 0 unspecified atom stereocenters. The Labute approximate surface area is 166 Å². The molecule has 0 saturated carbocycles. The van der Waals surface area contributed by atoms with E-state index >= 15 is 0 Å². The Morgan fingerprint density at radius 3 is 2.56 bits per heavy atom. The van der Waals surface area contributed by atoms with Crippen molar-refractivity contribution in [3.05, 3.63) is 77.5 Å². The van der Waals surface area contributed by atoms with Crippen LogP contribution in [0.5, 0.6) is 0 Å². The summed E-state index contributed by atoms with van der Waals surface area (Å²) in [4.78, 5) is 4.97. The van der Waals surface area contributed by atoms with Crippen LogP contribution in [0.4, 0.5) is 5.69 Å². The van der Waals surface area contributed by atoms with E-state index in [4.69, 9.17) is 11.6 Å². The van der Waals surface area contributed by atoms with Crippen LogP contribution in [0.15, 0.2) is 66.9 Å². The molecule has 1 saturated heterocycles. The fraction of sp³-hybridized carbons (Fsp3) is 0.304. The topological polar surface area (TPSA) is 11.4 Å².